The number of rotatable bonds is 8. The number of hydrogen-bond acceptors (Lipinski definition) is 9. The second-order valence-corrected chi connectivity index (χ2v) is 11.3. The Morgan fingerprint density at radius 2 is 1.98 bits per heavy atom. The molecule has 1 aliphatic heterocycles. The van der Waals surface area contributed by atoms with Crippen molar-refractivity contribution in [2.75, 3.05) is 31.3 Å². The Morgan fingerprint density at radius 1 is 1.20 bits per heavy atom. The van der Waals surface area contributed by atoms with Crippen LogP contribution in [0.2, 0.25) is 5.02 Å². The number of aliphatic imine (C=N–C) groups is 1. The van der Waals surface area contributed by atoms with Gasteiger partial charge in [-0.2, -0.15) is 0 Å². The molecule has 3 heterocycles. The normalized spacial score (nSPS) is 21.8. The second kappa shape index (κ2) is 13.0. The first kappa shape index (κ1) is 28.4. The molecule has 3 N–H and O–H groups in total. The number of aromatic nitrogens is 3. The number of amides is 1. The highest BCUT2D eigenvalue weighted by molar-refractivity contribution is 6.30. The minimum atomic E-state index is -1.37. The van der Waals surface area contributed by atoms with E-state index in [-0.39, 0.29) is 11.9 Å². The SMILES string of the molecule is C=Nc1nc(C(=N)NC(=O)O)nc(-c2cncc(Cl)c2)c1N(CC1CCCCC1)CN1CCOC2CCCCC21. The summed E-state index contributed by atoms with van der Waals surface area (Å²) < 4.78 is 6.16. The summed E-state index contributed by atoms with van der Waals surface area (Å²) in [6, 6.07) is 2.11. The van der Waals surface area contributed by atoms with Crippen molar-refractivity contribution in [2.24, 2.45) is 10.9 Å². The van der Waals surface area contributed by atoms with Gasteiger partial charge in [0.1, 0.15) is 11.4 Å². The number of pyridine rings is 1. The molecule has 0 radical (unpaired) electrons. The summed E-state index contributed by atoms with van der Waals surface area (Å²) >= 11 is 6.35. The fourth-order valence-corrected chi connectivity index (χ4v) is 6.51. The fourth-order valence-electron chi connectivity index (χ4n) is 6.33. The van der Waals surface area contributed by atoms with Gasteiger partial charge in [-0.25, -0.2) is 19.8 Å². The van der Waals surface area contributed by atoms with Crippen LogP contribution in [0.5, 0.6) is 0 Å². The van der Waals surface area contributed by atoms with E-state index in [9.17, 15) is 9.90 Å². The summed E-state index contributed by atoms with van der Waals surface area (Å²) in [6.45, 7) is 6.78. The number of carboxylic acid groups (broad SMARTS) is 1. The van der Waals surface area contributed by atoms with Gasteiger partial charge in [-0.1, -0.05) is 43.7 Å². The highest BCUT2D eigenvalue weighted by atomic mass is 35.5. The average Bonchev–Trinajstić information content (AvgIpc) is 2.96. The van der Waals surface area contributed by atoms with Crippen molar-refractivity contribution < 1.29 is 14.6 Å². The maximum Gasteiger partial charge on any atom is 0.410 e. The number of ether oxygens (including phenoxy) is 1. The summed E-state index contributed by atoms with van der Waals surface area (Å²) in [6.07, 6.45) is 12.7. The van der Waals surface area contributed by atoms with Crippen LogP contribution < -0.4 is 10.2 Å². The Hall–Kier alpha value is -3.15. The first-order valence-electron chi connectivity index (χ1n) is 14.1. The second-order valence-electron chi connectivity index (χ2n) is 10.9. The Kier molecular flexibility index (Phi) is 9.23. The smallest absolute Gasteiger partial charge is 0.410 e. The van der Waals surface area contributed by atoms with Crippen LogP contribution in [0.3, 0.4) is 0 Å². The van der Waals surface area contributed by atoms with E-state index in [0.717, 1.165) is 38.8 Å². The molecular weight excluding hydrogens is 532 g/mol. The molecule has 0 bridgehead atoms. The first-order chi connectivity index (χ1) is 19.4. The van der Waals surface area contributed by atoms with Crippen LogP contribution in [0.15, 0.2) is 23.5 Å². The molecule has 2 aromatic heterocycles. The zero-order valence-corrected chi connectivity index (χ0v) is 23.4. The highest BCUT2D eigenvalue weighted by Crippen LogP contribution is 2.39. The minimum absolute atomic E-state index is 0.0974. The molecule has 214 valence electrons. The van der Waals surface area contributed by atoms with Gasteiger partial charge in [-0.3, -0.25) is 20.6 Å². The van der Waals surface area contributed by atoms with E-state index >= 15 is 0 Å². The van der Waals surface area contributed by atoms with Crippen LogP contribution in [0.4, 0.5) is 16.3 Å². The highest BCUT2D eigenvalue weighted by Gasteiger charge is 2.36. The molecule has 2 atom stereocenters. The number of amidine groups is 1. The van der Waals surface area contributed by atoms with Gasteiger partial charge in [-0.05, 0) is 44.4 Å². The minimum Gasteiger partial charge on any atom is -0.465 e. The van der Waals surface area contributed by atoms with Gasteiger partial charge in [0.15, 0.2) is 17.5 Å². The number of anilines is 1. The fraction of sp³-hybridized carbons (Fsp3) is 0.571. The van der Waals surface area contributed by atoms with E-state index in [1.165, 1.54) is 32.1 Å². The first-order valence-corrected chi connectivity index (χ1v) is 14.5. The van der Waals surface area contributed by atoms with Crippen molar-refractivity contribution in [1.82, 2.24) is 25.2 Å². The van der Waals surface area contributed by atoms with Gasteiger partial charge in [0.25, 0.3) is 0 Å². The molecule has 1 amide bonds. The average molecular weight is 569 g/mol. The van der Waals surface area contributed by atoms with Crippen molar-refractivity contribution in [2.45, 2.75) is 69.9 Å². The molecule has 0 aromatic carbocycles. The zero-order valence-electron chi connectivity index (χ0n) is 22.7. The molecule has 2 saturated carbocycles. The van der Waals surface area contributed by atoms with E-state index in [2.05, 4.69) is 31.5 Å². The van der Waals surface area contributed by atoms with Crippen LogP contribution in [-0.4, -0.2) is 82.1 Å². The molecule has 0 spiro atoms. The zero-order chi connectivity index (χ0) is 28.1. The lowest BCUT2D eigenvalue weighted by molar-refractivity contribution is -0.0879. The van der Waals surface area contributed by atoms with Crippen molar-refractivity contribution >= 4 is 41.8 Å². The molecule has 11 nitrogen and oxygen atoms in total. The molecule has 3 fully saturated rings. The monoisotopic (exact) mass is 568 g/mol. The van der Waals surface area contributed by atoms with Gasteiger partial charge in [0.05, 0.1) is 24.4 Å². The van der Waals surface area contributed by atoms with E-state index in [0.29, 0.717) is 53.0 Å². The van der Waals surface area contributed by atoms with Crippen molar-refractivity contribution in [3.05, 3.63) is 29.3 Å². The summed E-state index contributed by atoms with van der Waals surface area (Å²) in [4.78, 5) is 33.9. The molecule has 1 saturated heterocycles. The Morgan fingerprint density at radius 3 is 2.73 bits per heavy atom. The molecule has 2 unspecified atom stereocenters. The molecule has 40 heavy (non-hydrogen) atoms. The van der Waals surface area contributed by atoms with E-state index in [4.69, 9.17) is 26.7 Å². The number of nitrogens with one attached hydrogen (secondary N) is 2. The van der Waals surface area contributed by atoms with Gasteiger partial charge >= 0.3 is 6.09 Å². The summed E-state index contributed by atoms with van der Waals surface area (Å²) in [5.74, 6) is 0.255. The number of nitrogens with zero attached hydrogens (tertiary/aromatic N) is 6. The van der Waals surface area contributed by atoms with E-state index in [1.54, 1.807) is 18.5 Å². The number of morpholine rings is 1. The topological polar surface area (TPSA) is 140 Å². The number of carbonyl (C=O) groups is 1. The predicted molar refractivity (Wildman–Crippen MR) is 155 cm³/mol. The standard InChI is InChI=1S/C28H37ClN8O3/c1-31-26-24(23(19-13-20(29)15-32-14-19)33-27(35-26)25(30)34-28(38)39)37(16-18-7-3-2-4-8-18)17-36-11-12-40-22-10-6-5-9-21(22)36/h13-15,18,21-22H,1-12,16-17H2,(H2,30,34)(H,38,39). The molecular formula is C28H37ClN8O3. The molecule has 2 aromatic rings. The third-order valence-corrected chi connectivity index (χ3v) is 8.37. The third kappa shape index (κ3) is 6.59. The van der Waals surface area contributed by atoms with Gasteiger partial charge in [-0.15, -0.1) is 0 Å². The molecule has 12 heteroatoms. The maximum atomic E-state index is 11.3. The third-order valence-electron chi connectivity index (χ3n) is 8.17. The van der Waals surface area contributed by atoms with Crippen LogP contribution in [0.1, 0.15) is 63.6 Å². The quantitative estimate of drug-likeness (QED) is 0.295. The van der Waals surface area contributed by atoms with Crippen LogP contribution in [0.25, 0.3) is 11.3 Å². The van der Waals surface area contributed by atoms with E-state index < -0.39 is 11.9 Å². The molecule has 5 rings (SSSR count). The van der Waals surface area contributed by atoms with Crippen molar-refractivity contribution in [3.8, 4) is 11.3 Å². The lowest BCUT2D eigenvalue weighted by Crippen LogP contribution is -2.56. The van der Waals surface area contributed by atoms with Crippen molar-refractivity contribution in [1.29, 1.82) is 5.41 Å². The lowest BCUT2D eigenvalue weighted by atomic mass is 9.88. The largest absolute Gasteiger partial charge is 0.465 e. The van der Waals surface area contributed by atoms with Gasteiger partial charge in [0, 0.05) is 37.1 Å². The molecule has 2 aliphatic carbocycles. The van der Waals surface area contributed by atoms with Crippen molar-refractivity contribution in [3.63, 3.8) is 0 Å². The maximum absolute atomic E-state index is 11.3. The Balaban J connectivity index is 1.60. The predicted octanol–water partition coefficient (Wildman–Crippen LogP) is 5.10. The summed E-state index contributed by atoms with van der Waals surface area (Å²) in [7, 11) is 0. The van der Waals surface area contributed by atoms with Gasteiger partial charge in [0.2, 0.25) is 0 Å². The van der Waals surface area contributed by atoms with E-state index in [1.807, 2.05) is 5.32 Å². The number of halogens is 1. The Labute approximate surface area is 239 Å². The molecule has 3 aliphatic rings. The van der Waals surface area contributed by atoms with Crippen LogP contribution >= 0.6 is 11.6 Å². The number of fused-ring (bicyclic) bond motifs is 1. The Bertz CT molecular complexity index is 1240. The summed E-state index contributed by atoms with van der Waals surface area (Å²) in [5, 5.41) is 20.0. The summed E-state index contributed by atoms with van der Waals surface area (Å²) in [5.41, 5.74) is 1.81. The van der Waals surface area contributed by atoms with Crippen LogP contribution in [0, 0.1) is 11.3 Å². The number of hydrogen-bond donors (Lipinski definition) is 3. The lowest BCUT2D eigenvalue weighted by Gasteiger charge is -2.46. The van der Waals surface area contributed by atoms with Gasteiger partial charge < -0.3 is 14.7 Å². The van der Waals surface area contributed by atoms with Crippen LogP contribution in [-0.2, 0) is 4.74 Å².